The molecule has 0 fully saturated rings. The second-order valence-electron chi connectivity index (χ2n) is 15.2. The molecule has 1 heteroatoms. The number of rotatable bonds is 7. The van der Waals surface area contributed by atoms with Crippen LogP contribution in [0.4, 0.5) is 17.1 Å². The summed E-state index contributed by atoms with van der Waals surface area (Å²) in [6, 6.07) is 86.7. The van der Waals surface area contributed by atoms with Crippen molar-refractivity contribution in [2.75, 3.05) is 4.90 Å². The van der Waals surface area contributed by atoms with Crippen LogP contribution in [-0.4, -0.2) is 0 Å². The number of hydrogen-bond donors (Lipinski definition) is 0. The van der Waals surface area contributed by atoms with Crippen LogP contribution in [0.1, 0.15) is 22.3 Å². The molecule has 0 saturated carbocycles. The van der Waals surface area contributed by atoms with Crippen LogP contribution in [-0.2, 0) is 5.41 Å². The van der Waals surface area contributed by atoms with Gasteiger partial charge in [0, 0.05) is 16.9 Å². The van der Waals surface area contributed by atoms with E-state index in [1.54, 1.807) is 0 Å². The third kappa shape index (κ3) is 5.32. The minimum atomic E-state index is -0.474. The first-order chi connectivity index (χ1) is 28.8. The second kappa shape index (κ2) is 13.9. The van der Waals surface area contributed by atoms with Gasteiger partial charge >= 0.3 is 0 Å². The van der Waals surface area contributed by atoms with E-state index in [1.165, 1.54) is 77.2 Å². The fraction of sp³-hybridized carbons (Fsp3) is 0.0175. The van der Waals surface area contributed by atoms with Gasteiger partial charge in [0.25, 0.3) is 0 Å². The molecule has 0 atom stereocenters. The third-order valence-corrected chi connectivity index (χ3v) is 12.1. The van der Waals surface area contributed by atoms with E-state index in [1.807, 2.05) is 0 Å². The SMILES string of the molecule is c1ccc(N(c2ccc(-c3cccc(-c4cc5ccccc5c5ccccc45)c3)cc2)c2cccc3c2-c2ccccc2C3(c2ccccc2)c2ccccc2)cc1. The van der Waals surface area contributed by atoms with Crippen molar-refractivity contribution in [3.05, 3.63) is 259 Å². The maximum Gasteiger partial charge on any atom is 0.0714 e. The smallest absolute Gasteiger partial charge is 0.0714 e. The molecule has 0 saturated heterocycles. The van der Waals surface area contributed by atoms with Crippen molar-refractivity contribution in [2.24, 2.45) is 0 Å². The standard InChI is InChI=1S/C57H39N/c1-4-21-44(22-5-1)57(45-23-6-2-7-24-45)53-31-15-14-30-51(53)56-54(57)32-17-33-55(56)58(46-25-8-3-9-26-46)47-36-34-40(35-37-47)41-19-16-20-42(38-41)52-39-43-18-10-11-27-48(43)49-28-12-13-29-50(49)52/h1-39H. The van der Waals surface area contributed by atoms with Gasteiger partial charge in [-0.05, 0) is 114 Å². The zero-order valence-electron chi connectivity index (χ0n) is 32.0. The van der Waals surface area contributed by atoms with Crippen LogP contribution in [0.25, 0.3) is 54.9 Å². The summed E-state index contributed by atoms with van der Waals surface area (Å²) in [6.07, 6.45) is 0. The van der Waals surface area contributed by atoms with Gasteiger partial charge in [0.15, 0.2) is 0 Å². The van der Waals surface area contributed by atoms with Gasteiger partial charge in [0.05, 0.1) is 11.1 Å². The summed E-state index contributed by atoms with van der Waals surface area (Å²) in [5, 5.41) is 5.10. The summed E-state index contributed by atoms with van der Waals surface area (Å²) >= 11 is 0. The van der Waals surface area contributed by atoms with Crippen molar-refractivity contribution in [2.45, 2.75) is 5.41 Å². The lowest BCUT2D eigenvalue weighted by Gasteiger charge is -2.34. The predicted octanol–water partition coefficient (Wildman–Crippen LogP) is 15.2. The molecule has 10 aromatic rings. The Labute approximate surface area is 339 Å². The van der Waals surface area contributed by atoms with Gasteiger partial charge in [-0.15, -0.1) is 0 Å². The molecule has 272 valence electrons. The minimum absolute atomic E-state index is 0.474. The lowest BCUT2D eigenvalue weighted by Crippen LogP contribution is -2.28. The van der Waals surface area contributed by atoms with Crippen LogP contribution < -0.4 is 4.90 Å². The molecule has 0 unspecified atom stereocenters. The molecular formula is C57H39N. The van der Waals surface area contributed by atoms with Crippen LogP contribution in [0.2, 0.25) is 0 Å². The monoisotopic (exact) mass is 737 g/mol. The Bertz CT molecular complexity index is 3050. The summed E-state index contributed by atoms with van der Waals surface area (Å²) in [5.74, 6) is 0. The van der Waals surface area contributed by atoms with E-state index >= 15 is 0 Å². The number of fused-ring (bicyclic) bond motifs is 6. The van der Waals surface area contributed by atoms with Crippen LogP contribution in [0.15, 0.2) is 237 Å². The van der Waals surface area contributed by atoms with Crippen LogP contribution in [0.5, 0.6) is 0 Å². The number of nitrogens with zero attached hydrogens (tertiary/aromatic N) is 1. The first kappa shape index (κ1) is 33.8. The molecule has 1 aliphatic rings. The van der Waals surface area contributed by atoms with E-state index in [9.17, 15) is 0 Å². The molecule has 0 aromatic heterocycles. The van der Waals surface area contributed by atoms with Crippen LogP contribution >= 0.6 is 0 Å². The average molecular weight is 738 g/mol. The summed E-state index contributed by atoms with van der Waals surface area (Å²) in [7, 11) is 0. The Morgan fingerprint density at radius 3 is 1.60 bits per heavy atom. The molecule has 58 heavy (non-hydrogen) atoms. The minimum Gasteiger partial charge on any atom is -0.310 e. The third-order valence-electron chi connectivity index (χ3n) is 12.1. The molecule has 0 radical (unpaired) electrons. The Hall–Kier alpha value is -7.48. The summed E-state index contributed by atoms with van der Waals surface area (Å²) in [5.41, 5.74) is 15.4. The van der Waals surface area contributed by atoms with Gasteiger partial charge in [-0.25, -0.2) is 0 Å². The molecule has 0 heterocycles. The Balaban J connectivity index is 1.06. The van der Waals surface area contributed by atoms with Gasteiger partial charge in [-0.3, -0.25) is 0 Å². The van der Waals surface area contributed by atoms with Crippen LogP contribution in [0, 0.1) is 0 Å². The summed E-state index contributed by atoms with van der Waals surface area (Å²) in [6.45, 7) is 0. The molecule has 0 N–H and O–H groups in total. The topological polar surface area (TPSA) is 3.24 Å². The van der Waals surface area contributed by atoms with Gasteiger partial charge in [0.1, 0.15) is 0 Å². The zero-order valence-corrected chi connectivity index (χ0v) is 32.0. The molecule has 1 nitrogen and oxygen atoms in total. The quantitative estimate of drug-likeness (QED) is 0.147. The van der Waals surface area contributed by atoms with Crippen molar-refractivity contribution >= 4 is 38.6 Å². The Morgan fingerprint density at radius 1 is 0.310 bits per heavy atom. The normalized spacial score (nSPS) is 12.6. The van der Waals surface area contributed by atoms with Gasteiger partial charge in [0.2, 0.25) is 0 Å². The summed E-state index contributed by atoms with van der Waals surface area (Å²) in [4.78, 5) is 2.43. The molecule has 0 amide bonds. The second-order valence-corrected chi connectivity index (χ2v) is 15.2. The average Bonchev–Trinajstić information content (AvgIpc) is 3.62. The molecule has 10 aromatic carbocycles. The highest BCUT2D eigenvalue weighted by Crippen LogP contribution is 2.59. The summed E-state index contributed by atoms with van der Waals surface area (Å²) < 4.78 is 0. The highest BCUT2D eigenvalue weighted by molar-refractivity contribution is 6.14. The van der Waals surface area contributed by atoms with Crippen molar-refractivity contribution < 1.29 is 0 Å². The molecule has 0 bridgehead atoms. The maximum atomic E-state index is 2.43. The van der Waals surface area contributed by atoms with Crippen LogP contribution in [0.3, 0.4) is 0 Å². The van der Waals surface area contributed by atoms with Gasteiger partial charge in [-0.1, -0.05) is 194 Å². The van der Waals surface area contributed by atoms with E-state index in [-0.39, 0.29) is 0 Å². The van der Waals surface area contributed by atoms with E-state index in [2.05, 4.69) is 241 Å². The fourth-order valence-electron chi connectivity index (χ4n) is 9.63. The van der Waals surface area contributed by atoms with E-state index in [0.29, 0.717) is 0 Å². The zero-order chi connectivity index (χ0) is 38.5. The lowest BCUT2D eigenvalue weighted by molar-refractivity contribution is 0.768. The van der Waals surface area contributed by atoms with Crippen molar-refractivity contribution in [3.63, 3.8) is 0 Å². The highest BCUT2D eigenvalue weighted by atomic mass is 15.1. The van der Waals surface area contributed by atoms with Crippen molar-refractivity contribution in [3.8, 4) is 33.4 Å². The lowest BCUT2D eigenvalue weighted by atomic mass is 9.68. The van der Waals surface area contributed by atoms with Gasteiger partial charge in [-0.2, -0.15) is 0 Å². The van der Waals surface area contributed by atoms with Crippen molar-refractivity contribution in [1.29, 1.82) is 0 Å². The predicted molar refractivity (Wildman–Crippen MR) is 244 cm³/mol. The largest absolute Gasteiger partial charge is 0.310 e. The number of benzene rings is 10. The Kier molecular flexibility index (Phi) is 8.12. The highest BCUT2D eigenvalue weighted by Gasteiger charge is 2.47. The van der Waals surface area contributed by atoms with E-state index in [4.69, 9.17) is 0 Å². The Morgan fingerprint density at radius 2 is 0.862 bits per heavy atom. The molecule has 0 spiro atoms. The number of para-hydroxylation sites is 1. The number of hydrogen-bond acceptors (Lipinski definition) is 1. The molecule has 0 aliphatic heterocycles. The first-order valence-corrected chi connectivity index (χ1v) is 20.1. The number of anilines is 3. The maximum absolute atomic E-state index is 2.43. The molecule has 11 rings (SSSR count). The molecular weight excluding hydrogens is 699 g/mol. The fourth-order valence-corrected chi connectivity index (χ4v) is 9.63. The van der Waals surface area contributed by atoms with E-state index < -0.39 is 5.41 Å². The molecule has 1 aliphatic carbocycles. The first-order valence-electron chi connectivity index (χ1n) is 20.1. The van der Waals surface area contributed by atoms with Crippen molar-refractivity contribution in [1.82, 2.24) is 0 Å². The van der Waals surface area contributed by atoms with Gasteiger partial charge < -0.3 is 4.90 Å². The van der Waals surface area contributed by atoms with E-state index in [0.717, 1.165) is 17.1 Å².